The topological polar surface area (TPSA) is 84.5 Å². The van der Waals surface area contributed by atoms with Crippen LogP contribution in [0.3, 0.4) is 0 Å². The molecule has 0 atom stereocenters. The zero-order valence-corrected chi connectivity index (χ0v) is 17.1. The van der Waals surface area contributed by atoms with E-state index in [1.54, 1.807) is 0 Å². The van der Waals surface area contributed by atoms with E-state index in [9.17, 15) is 9.59 Å². The molecule has 4 rings (SSSR count). The number of rotatable bonds is 4. The minimum atomic E-state index is -0.601. The highest BCUT2D eigenvalue weighted by Gasteiger charge is 2.46. The highest BCUT2D eigenvalue weighted by atomic mass is 32.1. The standard InChI is InChI=1S/C20H27N5O2S/c1-15-16(28-19(22-15)24-9-5-6-10-24)17(26)23-13-7-20(8-14-23,18(21)27)25-11-3-2-4-12-25/h5-6,9-10H,2-4,7-8,11-14H2,1H3,(H2,21,27). The summed E-state index contributed by atoms with van der Waals surface area (Å²) in [6.07, 6.45) is 8.50. The number of thiazole rings is 1. The van der Waals surface area contributed by atoms with Gasteiger partial charge in [-0.15, -0.1) is 0 Å². The summed E-state index contributed by atoms with van der Waals surface area (Å²) in [7, 11) is 0. The monoisotopic (exact) mass is 401 g/mol. The quantitative estimate of drug-likeness (QED) is 0.851. The minimum absolute atomic E-state index is 0.00474. The molecule has 2 aromatic rings. The second-order valence-corrected chi connectivity index (χ2v) is 8.71. The van der Waals surface area contributed by atoms with Gasteiger partial charge in [0.2, 0.25) is 5.91 Å². The molecule has 2 N–H and O–H groups in total. The molecule has 2 amide bonds. The molecule has 0 aromatic carbocycles. The van der Waals surface area contributed by atoms with Crippen molar-refractivity contribution < 1.29 is 9.59 Å². The Balaban J connectivity index is 1.48. The molecule has 0 radical (unpaired) electrons. The Hall–Kier alpha value is -2.19. The first-order valence-corrected chi connectivity index (χ1v) is 10.8. The van der Waals surface area contributed by atoms with E-state index >= 15 is 0 Å². The molecule has 2 saturated heterocycles. The van der Waals surface area contributed by atoms with Gasteiger partial charge in [0.1, 0.15) is 10.4 Å². The lowest BCUT2D eigenvalue weighted by Gasteiger charge is -2.48. The van der Waals surface area contributed by atoms with Crippen molar-refractivity contribution in [1.82, 2.24) is 19.4 Å². The minimum Gasteiger partial charge on any atom is -0.368 e. The maximum Gasteiger partial charge on any atom is 0.265 e. The SMILES string of the molecule is Cc1nc(-n2cccc2)sc1C(=O)N1CCC(C(N)=O)(N2CCCCC2)CC1. The van der Waals surface area contributed by atoms with Crippen molar-refractivity contribution in [3.8, 4) is 5.13 Å². The van der Waals surface area contributed by atoms with Crippen molar-refractivity contribution in [2.24, 2.45) is 5.73 Å². The van der Waals surface area contributed by atoms with Crippen LogP contribution in [0.1, 0.15) is 47.5 Å². The Bertz CT molecular complexity index is 846. The number of aryl methyl sites for hydroxylation is 1. The number of nitrogens with zero attached hydrogens (tertiary/aromatic N) is 4. The molecule has 2 aliphatic heterocycles. The molecule has 2 aliphatic rings. The first-order chi connectivity index (χ1) is 13.5. The van der Waals surface area contributed by atoms with Crippen molar-refractivity contribution in [3.05, 3.63) is 35.1 Å². The van der Waals surface area contributed by atoms with Crippen molar-refractivity contribution in [1.29, 1.82) is 0 Å². The molecular formula is C20H27N5O2S. The maximum atomic E-state index is 13.1. The van der Waals surface area contributed by atoms with E-state index in [0.717, 1.165) is 36.8 Å². The lowest BCUT2D eigenvalue weighted by molar-refractivity contribution is -0.134. The third-order valence-corrected chi connectivity index (χ3v) is 7.26. The molecule has 150 valence electrons. The van der Waals surface area contributed by atoms with E-state index in [0.29, 0.717) is 30.8 Å². The number of aromatic nitrogens is 2. The maximum absolute atomic E-state index is 13.1. The van der Waals surface area contributed by atoms with Crippen LogP contribution in [-0.2, 0) is 4.79 Å². The molecule has 2 fully saturated rings. The van der Waals surface area contributed by atoms with E-state index in [2.05, 4.69) is 9.88 Å². The van der Waals surface area contributed by atoms with Crippen molar-refractivity contribution in [2.45, 2.75) is 44.6 Å². The lowest BCUT2D eigenvalue weighted by Crippen LogP contribution is -2.63. The number of hydrogen-bond donors (Lipinski definition) is 1. The number of nitrogens with two attached hydrogens (primary N) is 1. The number of carbonyl (C=O) groups is 2. The van der Waals surface area contributed by atoms with Crippen LogP contribution in [0.25, 0.3) is 5.13 Å². The molecule has 4 heterocycles. The summed E-state index contributed by atoms with van der Waals surface area (Å²) in [6, 6.07) is 3.87. The molecular weight excluding hydrogens is 374 g/mol. The van der Waals surface area contributed by atoms with Crippen LogP contribution >= 0.6 is 11.3 Å². The van der Waals surface area contributed by atoms with E-state index in [4.69, 9.17) is 5.73 Å². The fourth-order valence-corrected chi connectivity index (χ4v) is 5.42. The van der Waals surface area contributed by atoms with Gasteiger partial charge in [-0.25, -0.2) is 4.98 Å². The first-order valence-electron chi connectivity index (χ1n) is 9.96. The molecule has 2 aromatic heterocycles. The summed E-state index contributed by atoms with van der Waals surface area (Å²) >= 11 is 1.41. The Morgan fingerprint density at radius 1 is 1.07 bits per heavy atom. The van der Waals surface area contributed by atoms with Crippen molar-refractivity contribution >= 4 is 23.2 Å². The predicted molar refractivity (Wildman–Crippen MR) is 109 cm³/mol. The average molecular weight is 402 g/mol. The zero-order valence-electron chi connectivity index (χ0n) is 16.3. The van der Waals surface area contributed by atoms with Gasteiger partial charge in [-0.3, -0.25) is 14.5 Å². The molecule has 7 nitrogen and oxygen atoms in total. The first kappa shape index (κ1) is 19.1. The van der Waals surface area contributed by atoms with Gasteiger partial charge in [0.15, 0.2) is 5.13 Å². The van der Waals surface area contributed by atoms with Gasteiger partial charge < -0.3 is 15.2 Å². The van der Waals surface area contributed by atoms with Crippen LogP contribution in [0.4, 0.5) is 0 Å². The van der Waals surface area contributed by atoms with E-state index in [-0.39, 0.29) is 11.8 Å². The summed E-state index contributed by atoms with van der Waals surface area (Å²) in [5, 5.41) is 0.794. The van der Waals surface area contributed by atoms with Crippen LogP contribution in [0.15, 0.2) is 24.5 Å². The highest BCUT2D eigenvalue weighted by molar-refractivity contribution is 7.16. The van der Waals surface area contributed by atoms with Crippen LogP contribution in [0, 0.1) is 6.92 Å². The van der Waals surface area contributed by atoms with Crippen LogP contribution in [0.5, 0.6) is 0 Å². The van der Waals surface area contributed by atoms with Crippen LogP contribution < -0.4 is 5.73 Å². The Labute approximate surface area is 169 Å². The smallest absolute Gasteiger partial charge is 0.265 e. The third kappa shape index (κ3) is 3.35. The van der Waals surface area contributed by atoms with Crippen LogP contribution in [0.2, 0.25) is 0 Å². The fourth-order valence-electron chi connectivity index (χ4n) is 4.42. The van der Waals surface area contributed by atoms with Gasteiger partial charge in [-0.05, 0) is 57.8 Å². The van der Waals surface area contributed by atoms with Crippen molar-refractivity contribution in [3.63, 3.8) is 0 Å². The number of primary amides is 1. The molecule has 0 spiro atoms. The number of piperidine rings is 2. The molecule has 0 bridgehead atoms. The number of hydrogen-bond acceptors (Lipinski definition) is 5. The van der Waals surface area contributed by atoms with Gasteiger partial charge in [0.25, 0.3) is 5.91 Å². The third-order valence-electron chi connectivity index (χ3n) is 6.10. The number of likely N-dealkylation sites (tertiary alicyclic amines) is 2. The highest BCUT2D eigenvalue weighted by Crippen LogP contribution is 2.33. The van der Waals surface area contributed by atoms with E-state index in [1.165, 1.54) is 17.8 Å². The zero-order chi connectivity index (χ0) is 19.7. The van der Waals surface area contributed by atoms with Crippen LogP contribution in [-0.4, -0.2) is 62.9 Å². The molecule has 0 aliphatic carbocycles. The Kier molecular flexibility index (Phi) is 5.25. The second kappa shape index (κ2) is 7.67. The molecule has 8 heteroatoms. The Morgan fingerprint density at radius 3 is 2.32 bits per heavy atom. The number of carbonyl (C=O) groups excluding carboxylic acids is 2. The average Bonchev–Trinajstić information content (AvgIpc) is 3.38. The molecule has 0 saturated carbocycles. The van der Waals surface area contributed by atoms with Gasteiger partial charge >= 0.3 is 0 Å². The largest absolute Gasteiger partial charge is 0.368 e. The molecule has 28 heavy (non-hydrogen) atoms. The summed E-state index contributed by atoms with van der Waals surface area (Å²) in [5.74, 6) is -0.240. The summed E-state index contributed by atoms with van der Waals surface area (Å²) in [4.78, 5) is 34.8. The second-order valence-electron chi connectivity index (χ2n) is 7.74. The fraction of sp³-hybridized carbons (Fsp3) is 0.550. The summed E-state index contributed by atoms with van der Waals surface area (Å²) in [5.41, 5.74) is 6.00. The summed E-state index contributed by atoms with van der Waals surface area (Å²) in [6.45, 7) is 4.82. The van der Waals surface area contributed by atoms with Gasteiger partial charge in [-0.1, -0.05) is 17.8 Å². The number of amides is 2. The van der Waals surface area contributed by atoms with E-state index < -0.39 is 5.54 Å². The summed E-state index contributed by atoms with van der Waals surface area (Å²) < 4.78 is 1.92. The normalized spacial score (nSPS) is 20.2. The van der Waals surface area contributed by atoms with Crippen molar-refractivity contribution in [2.75, 3.05) is 26.2 Å². The van der Waals surface area contributed by atoms with Gasteiger partial charge in [0.05, 0.1) is 5.69 Å². The van der Waals surface area contributed by atoms with E-state index in [1.807, 2.05) is 40.9 Å². The molecule has 0 unspecified atom stereocenters. The van der Waals surface area contributed by atoms with Gasteiger partial charge in [-0.2, -0.15) is 0 Å². The van der Waals surface area contributed by atoms with Gasteiger partial charge in [0, 0.05) is 25.5 Å². The predicted octanol–water partition coefficient (Wildman–Crippen LogP) is 2.19. The lowest BCUT2D eigenvalue weighted by atomic mass is 9.83. The Morgan fingerprint density at radius 2 is 1.71 bits per heavy atom.